The first-order valence-electron chi connectivity index (χ1n) is 14.5. The molecule has 2 atom stereocenters. The average Bonchev–Trinajstić information content (AvgIpc) is 3.25. The van der Waals surface area contributed by atoms with Crippen LogP contribution in [0.25, 0.3) is 32.9 Å². The fourth-order valence-electron chi connectivity index (χ4n) is 6.14. The molecule has 2 aromatic carbocycles. The number of amides is 1. The van der Waals surface area contributed by atoms with Gasteiger partial charge in [-0.3, -0.25) is 4.90 Å². The normalized spacial score (nSPS) is 18.1. The van der Waals surface area contributed by atoms with Crippen LogP contribution in [-0.4, -0.2) is 69.5 Å². The molecule has 10 nitrogen and oxygen atoms in total. The van der Waals surface area contributed by atoms with Gasteiger partial charge in [0.25, 0.3) is 0 Å². The lowest BCUT2D eigenvalue weighted by Crippen LogP contribution is -2.57. The van der Waals surface area contributed by atoms with Gasteiger partial charge in [-0.05, 0) is 57.2 Å². The average molecular weight is 660 g/mol. The highest BCUT2D eigenvalue weighted by molar-refractivity contribution is 6.02. The summed E-state index contributed by atoms with van der Waals surface area (Å²) in [6.45, 7) is 3.73. The van der Waals surface area contributed by atoms with Crippen LogP contribution in [0.4, 0.5) is 42.8 Å². The van der Waals surface area contributed by atoms with Crippen molar-refractivity contribution in [3.63, 3.8) is 0 Å². The maximum Gasteiger partial charge on any atom is 0.422 e. The van der Waals surface area contributed by atoms with E-state index in [0.29, 0.717) is 12.8 Å². The SMILES string of the molecule is CC(C)(C)OC(=O)N1[C@@H]2CC[C@H]1CN(c1nc(OCC(F)(F)F)nc3c(F)c(-c4nc(N)cc5ccc(F)c(F)c45)c(C#N)cc13)C2. The van der Waals surface area contributed by atoms with E-state index in [2.05, 4.69) is 15.0 Å². The monoisotopic (exact) mass is 659 g/mol. The molecule has 0 saturated carbocycles. The van der Waals surface area contributed by atoms with Gasteiger partial charge >= 0.3 is 18.3 Å². The van der Waals surface area contributed by atoms with Crippen molar-refractivity contribution in [2.75, 3.05) is 30.3 Å². The molecule has 2 bridgehead atoms. The Morgan fingerprint density at radius 1 is 1.04 bits per heavy atom. The number of nitrogen functional groups attached to an aromatic ring is 1. The number of hydrogen-bond donors (Lipinski definition) is 1. The second-order valence-corrected chi connectivity index (χ2v) is 12.4. The third-order valence-electron chi connectivity index (χ3n) is 7.91. The Morgan fingerprint density at radius 2 is 1.72 bits per heavy atom. The van der Waals surface area contributed by atoms with E-state index in [1.54, 1.807) is 30.6 Å². The molecule has 0 spiro atoms. The molecule has 0 radical (unpaired) electrons. The summed E-state index contributed by atoms with van der Waals surface area (Å²) in [5.74, 6) is -4.14. The second-order valence-electron chi connectivity index (χ2n) is 12.4. The molecule has 0 unspecified atom stereocenters. The highest BCUT2D eigenvalue weighted by Gasteiger charge is 2.45. The zero-order valence-corrected chi connectivity index (χ0v) is 25.3. The Kier molecular flexibility index (Phi) is 7.68. The van der Waals surface area contributed by atoms with Crippen LogP contribution in [0.1, 0.15) is 39.2 Å². The maximum atomic E-state index is 16.7. The molecule has 0 aliphatic carbocycles. The molecule has 2 aromatic heterocycles. The molecule has 2 aliphatic rings. The number of pyridine rings is 1. The molecular formula is C31H27F6N7O3. The number of ether oxygens (including phenoxy) is 2. The van der Waals surface area contributed by atoms with Gasteiger partial charge in [-0.2, -0.15) is 28.4 Å². The van der Waals surface area contributed by atoms with Gasteiger partial charge < -0.3 is 20.1 Å². The van der Waals surface area contributed by atoms with Crippen LogP contribution in [0.5, 0.6) is 6.01 Å². The Bertz CT molecular complexity index is 1960. The number of nitrogens with two attached hydrogens (primary N) is 1. The van der Waals surface area contributed by atoms with Gasteiger partial charge in [0.05, 0.1) is 35.0 Å². The third kappa shape index (κ3) is 5.97. The Balaban J connectivity index is 1.53. The lowest BCUT2D eigenvalue weighted by Gasteiger charge is -2.42. The van der Waals surface area contributed by atoms with Gasteiger partial charge in [0.2, 0.25) is 0 Å². The number of alkyl halides is 3. The van der Waals surface area contributed by atoms with E-state index in [4.69, 9.17) is 15.2 Å². The number of rotatable bonds is 4. The summed E-state index contributed by atoms with van der Waals surface area (Å²) in [4.78, 5) is 28.4. The zero-order valence-electron chi connectivity index (χ0n) is 25.3. The topological polar surface area (TPSA) is 130 Å². The number of fused-ring (bicyclic) bond motifs is 4. The van der Waals surface area contributed by atoms with E-state index in [9.17, 15) is 27.6 Å². The minimum Gasteiger partial charge on any atom is -0.454 e. The minimum absolute atomic E-state index is 0.0440. The van der Waals surface area contributed by atoms with E-state index in [1.807, 2.05) is 6.07 Å². The number of anilines is 2. The first-order valence-corrected chi connectivity index (χ1v) is 14.5. The molecule has 4 aromatic rings. The van der Waals surface area contributed by atoms with E-state index >= 15 is 8.78 Å². The number of carbonyl (C=O) groups excluding carboxylic acids is 1. The van der Waals surface area contributed by atoms with Crippen molar-refractivity contribution in [2.45, 2.75) is 57.5 Å². The summed E-state index contributed by atoms with van der Waals surface area (Å²) in [6.07, 6.45) is -4.10. The van der Waals surface area contributed by atoms with Crippen LogP contribution in [0.3, 0.4) is 0 Å². The number of nitriles is 1. The highest BCUT2D eigenvalue weighted by Crippen LogP contribution is 2.41. The summed E-state index contributed by atoms with van der Waals surface area (Å²) in [5, 5.41) is 9.67. The molecule has 1 amide bonds. The Labute approximate surface area is 263 Å². The smallest absolute Gasteiger partial charge is 0.422 e. The Hall–Kier alpha value is -5.07. The number of hydrogen-bond acceptors (Lipinski definition) is 9. The third-order valence-corrected chi connectivity index (χ3v) is 7.91. The van der Waals surface area contributed by atoms with Crippen LogP contribution in [0.2, 0.25) is 0 Å². The number of piperazine rings is 1. The zero-order chi connectivity index (χ0) is 34.0. The van der Waals surface area contributed by atoms with Crippen molar-refractivity contribution in [1.29, 1.82) is 5.26 Å². The van der Waals surface area contributed by atoms with Crippen molar-refractivity contribution in [3.05, 3.63) is 47.3 Å². The Morgan fingerprint density at radius 3 is 2.34 bits per heavy atom. The molecule has 2 saturated heterocycles. The van der Waals surface area contributed by atoms with Crippen molar-refractivity contribution >= 4 is 39.4 Å². The van der Waals surface area contributed by atoms with Gasteiger partial charge in [-0.25, -0.2) is 22.9 Å². The molecule has 2 fully saturated rings. The van der Waals surface area contributed by atoms with Crippen molar-refractivity contribution in [2.24, 2.45) is 0 Å². The van der Waals surface area contributed by atoms with E-state index < -0.39 is 70.1 Å². The van der Waals surface area contributed by atoms with Gasteiger partial charge in [-0.15, -0.1) is 0 Å². The molecule has 246 valence electrons. The van der Waals surface area contributed by atoms with E-state index in [-0.39, 0.29) is 53.1 Å². The predicted octanol–water partition coefficient (Wildman–Crippen LogP) is 6.25. The number of nitrogens with zero attached hydrogens (tertiary/aromatic N) is 6. The van der Waals surface area contributed by atoms with Gasteiger partial charge in [0, 0.05) is 23.9 Å². The van der Waals surface area contributed by atoms with Crippen molar-refractivity contribution < 1.29 is 40.6 Å². The summed E-state index contributed by atoms with van der Waals surface area (Å²) in [6, 6.07) is 4.79. The molecule has 16 heteroatoms. The van der Waals surface area contributed by atoms with Crippen LogP contribution in [0, 0.1) is 28.8 Å². The fraction of sp³-hybridized carbons (Fsp3) is 0.387. The van der Waals surface area contributed by atoms with Gasteiger partial charge in [0.1, 0.15) is 22.8 Å². The standard InChI is InChI=1S/C31H27F6N7O3/c1-30(2,3)47-29(45)44-16-5-6-17(44)12-43(11-16)27-18-8-15(10-38)22(24(34)25(18)41-28(42-27)46-13-31(35,36)37)26-21-14(9-20(39)40-26)4-7-19(32)23(21)33/h4,7-9,16-17H,5-6,11-13H2,1-3H3,(H2,39,40)/t16-,17+. The molecule has 2 aliphatic heterocycles. The summed E-state index contributed by atoms with van der Waals surface area (Å²) >= 11 is 0. The largest absolute Gasteiger partial charge is 0.454 e. The predicted molar refractivity (Wildman–Crippen MR) is 158 cm³/mol. The number of aromatic nitrogens is 3. The maximum absolute atomic E-state index is 16.7. The van der Waals surface area contributed by atoms with E-state index in [1.165, 1.54) is 18.2 Å². The molecule has 6 rings (SSSR count). The van der Waals surface area contributed by atoms with Crippen molar-refractivity contribution in [1.82, 2.24) is 19.9 Å². The fourth-order valence-corrected chi connectivity index (χ4v) is 6.14. The summed E-state index contributed by atoms with van der Waals surface area (Å²) < 4.78 is 96.0. The van der Waals surface area contributed by atoms with Crippen LogP contribution < -0.4 is 15.4 Å². The summed E-state index contributed by atoms with van der Waals surface area (Å²) in [5.41, 5.74) is 3.12. The van der Waals surface area contributed by atoms with Crippen LogP contribution >= 0.6 is 0 Å². The second kappa shape index (κ2) is 11.3. The lowest BCUT2D eigenvalue weighted by atomic mass is 9.96. The quantitative estimate of drug-likeness (QED) is 0.253. The first-order chi connectivity index (χ1) is 22.0. The molecular weight excluding hydrogens is 632 g/mol. The first kappa shape index (κ1) is 31.9. The molecule has 47 heavy (non-hydrogen) atoms. The van der Waals surface area contributed by atoms with E-state index in [0.717, 1.165) is 6.07 Å². The lowest BCUT2D eigenvalue weighted by molar-refractivity contribution is -0.154. The number of carbonyl (C=O) groups is 1. The number of halogens is 6. The summed E-state index contributed by atoms with van der Waals surface area (Å²) in [7, 11) is 0. The highest BCUT2D eigenvalue weighted by atomic mass is 19.4. The molecule has 2 N–H and O–H groups in total. The van der Waals surface area contributed by atoms with Crippen LogP contribution in [-0.2, 0) is 4.74 Å². The molecule has 4 heterocycles. The van der Waals surface area contributed by atoms with Crippen molar-refractivity contribution in [3.8, 4) is 23.3 Å². The van der Waals surface area contributed by atoms with Crippen LogP contribution in [0.15, 0.2) is 24.3 Å². The number of benzene rings is 2. The van der Waals surface area contributed by atoms with Gasteiger partial charge in [0.15, 0.2) is 24.1 Å². The minimum atomic E-state index is -4.78. The van der Waals surface area contributed by atoms with Gasteiger partial charge in [-0.1, -0.05) is 6.07 Å².